The van der Waals surface area contributed by atoms with Crippen LogP contribution in [0.5, 0.6) is 0 Å². The zero-order valence-corrected chi connectivity index (χ0v) is 20.4. The molecule has 0 radical (unpaired) electrons. The number of benzene rings is 3. The van der Waals surface area contributed by atoms with Crippen molar-refractivity contribution in [2.45, 2.75) is 64.4 Å². The van der Waals surface area contributed by atoms with Crippen molar-refractivity contribution in [3.63, 3.8) is 0 Å². The number of ether oxygens (including phenoxy) is 1. The Morgan fingerprint density at radius 1 is 0.853 bits per heavy atom. The van der Waals surface area contributed by atoms with Crippen molar-refractivity contribution in [1.29, 1.82) is 0 Å². The van der Waals surface area contributed by atoms with Gasteiger partial charge in [-0.15, -0.1) is 6.58 Å². The normalized spacial score (nSPS) is 18.1. The molecule has 0 saturated heterocycles. The van der Waals surface area contributed by atoms with Gasteiger partial charge >= 0.3 is 0 Å². The number of hydrogen-bond acceptors (Lipinski definition) is 1. The van der Waals surface area contributed by atoms with Crippen molar-refractivity contribution in [3.05, 3.63) is 96.3 Å². The Bertz CT molecular complexity index is 1050. The lowest BCUT2D eigenvalue weighted by Gasteiger charge is -2.29. The molecule has 0 atom stereocenters. The third kappa shape index (κ3) is 5.85. The highest BCUT2D eigenvalue weighted by molar-refractivity contribution is 5.73. The van der Waals surface area contributed by atoms with Crippen molar-refractivity contribution < 1.29 is 9.13 Å². The maximum Gasteiger partial charge on any atom is 0.132 e. The summed E-state index contributed by atoms with van der Waals surface area (Å²) in [6.45, 7) is 7.19. The fourth-order valence-corrected chi connectivity index (χ4v) is 5.15. The molecule has 34 heavy (non-hydrogen) atoms. The van der Waals surface area contributed by atoms with E-state index in [1.165, 1.54) is 11.1 Å². The molecule has 1 fully saturated rings. The maximum atomic E-state index is 16.0. The summed E-state index contributed by atoms with van der Waals surface area (Å²) in [5, 5.41) is 0. The van der Waals surface area contributed by atoms with Crippen LogP contribution in [-0.2, 0) is 11.3 Å². The van der Waals surface area contributed by atoms with E-state index in [1.807, 2.05) is 12.1 Å². The average molecular weight is 457 g/mol. The summed E-state index contributed by atoms with van der Waals surface area (Å²) in [7, 11) is 0. The Morgan fingerprint density at radius 3 is 2.21 bits per heavy atom. The van der Waals surface area contributed by atoms with Crippen molar-refractivity contribution in [2.24, 2.45) is 5.92 Å². The molecule has 1 aliphatic rings. The Hall–Kier alpha value is -2.71. The zero-order chi connectivity index (χ0) is 23.8. The van der Waals surface area contributed by atoms with Gasteiger partial charge in [0.15, 0.2) is 0 Å². The molecule has 0 unspecified atom stereocenters. The fraction of sp³-hybridized carbons (Fsp3) is 0.375. The van der Waals surface area contributed by atoms with E-state index in [2.05, 4.69) is 74.2 Å². The van der Waals surface area contributed by atoms with E-state index < -0.39 is 0 Å². The zero-order valence-electron chi connectivity index (χ0n) is 20.4. The third-order valence-electron chi connectivity index (χ3n) is 7.23. The van der Waals surface area contributed by atoms with Gasteiger partial charge in [-0.3, -0.25) is 0 Å². The number of allylic oxidation sites excluding steroid dienone is 1. The molecule has 0 spiro atoms. The van der Waals surface area contributed by atoms with Crippen LogP contribution in [0.15, 0.2) is 79.4 Å². The van der Waals surface area contributed by atoms with Crippen LogP contribution in [0, 0.1) is 11.7 Å². The molecular formula is C32H37FO. The van der Waals surface area contributed by atoms with Crippen molar-refractivity contribution in [3.8, 4) is 22.3 Å². The fourth-order valence-electron chi connectivity index (χ4n) is 5.15. The molecule has 1 saturated carbocycles. The van der Waals surface area contributed by atoms with Gasteiger partial charge in [0.2, 0.25) is 0 Å². The second kappa shape index (κ2) is 12.1. The number of hydrogen-bond donors (Lipinski definition) is 0. The summed E-state index contributed by atoms with van der Waals surface area (Å²) in [5.41, 5.74) is 6.03. The van der Waals surface area contributed by atoms with E-state index >= 15 is 4.39 Å². The summed E-state index contributed by atoms with van der Waals surface area (Å²) in [5.74, 6) is 0.722. The molecule has 0 heterocycles. The largest absolute Gasteiger partial charge is 0.377 e. The predicted molar refractivity (Wildman–Crippen MR) is 141 cm³/mol. The van der Waals surface area contributed by atoms with E-state index in [0.29, 0.717) is 24.7 Å². The summed E-state index contributed by atoms with van der Waals surface area (Å²) >= 11 is 0. The lowest BCUT2D eigenvalue weighted by atomic mass is 9.76. The molecule has 3 aromatic carbocycles. The summed E-state index contributed by atoms with van der Waals surface area (Å²) < 4.78 is 21.8. The third-order valence-corrected chi connectivity index (χ3v) is 7.23. The Morgan fingerprint density at radius 2 is 1.53 bits per heavy atom. The minimum atomic E-state index is -0.0674. The first-order valence-corrected chi connectivity index (χ1v) is 12.9. The van der Waals surface area contributed by atoms with Gasteiger partial charge in [-0.25, -0.2) is 4.39 Å². The molecule has 3 aromatic rings. The molecule has 0 aliphatic heterocycles. The van der Waals surface area contributed by atoms with E-state index in [9.17, 15) is 0 Å². The average Bonchev–Trinajstić information content (AvgIpc) is 2.90. The molecule has 1 nitrogen and oxygen atoms in total. The lowest BCUT2D eigenvalue weighted by molar-refractivity contribution is 0.114. The van der Waals surface area contributed by atoms with Crippen LogP contribution in [0.1, 0.15) is 68.9 Å². The monoisotopic (exact) mass is 456 g/mol. The van der Waals surface area contributed by atoms with Crippen LogP contribution in [0.3, 0.4) is 0 Å². The predicted octanol–water partition coefficient (Wildman–Crippen LogP) is 9.33. The Balaban J connectivity index is 1.63. The molecule has 0 aromatic heterocycles. The number of halogens is 1. The van der Waals surface area contributed by atoms with Gasteiger partial charge in [-0.1, -0.05) is 92.6 Å². The van der Waals surface area contributed by atoms with Crippen molar-refractivity contribution in [1.82, 2.24) is 0 Å². The van der Waals surface area contributed by atoms with Crippen LogP contribution >= 0.6 is 0 Å². The standard InChI is InChI=1S/C32H37FO/c1-3-5-9-22-34-23-29-20-21-30(31(32(29)33)28-14-12-24(4-2)13-15-28)27-18-16-26(17-19-27)25-10-7-6-8-11-25/h4,6-8,10-11,16-21,24,28H,2-3,5,9,12-15,22-23H2,1H3. The van der Waals surface area contributed by atoms with Crippen LogP contribution in [0.4, 0.5) is 4.39 Å². The molecule has 4 rings (SSSR count). The number of unbranched alkanes of at least 4 members (excludes halogenated alkanes) is 2. The molecule has 1 aliphatic carbocycles. The lowest BCUT2D eigenvalue weighted by Crippen LogP contribution is -2.15. The molecule has 0 amide bonds. The van der Waals surface area contributed by atoms with Crippen LogP contribution in [-0.4, -0.2) is 6.61 Å². The van der Waals surface area contributed by atoms with Gasteiger partial charge in [0.1, 0.15) is 5.82 Å². The summed E-state index contributed by atoms with van der Waals surface area (Å²) in [6.07, 6.45) is 9.58. The highest BCUT2D eigenvalue weighted by atomic mass is 19.1. The van der Waals surface area contributed by atoms with Gasteiger partial charge < -0.3 is 4.74 Å². The van der Waals surface area contributed by atoms with Gasteiger partial charge in [0.25, 0.3) is 0 Å². The van der Waals surface area contributed by atoms with Gasteiger partial charge in [-0.2, -0.15) is 0 Å². The van der Waals surface area contributed by atoms with E-state index in [-0.39, 0.29) is 11.7 Å². The van der Waals surface area contributed by atoms with Gasteiger partial charge in [0.05, 0.1) is 6.61 Å². The SMILES string of the molecule is C=CC1CCC(c2c(-c3ccc(-c4ccccc4)cc3)ccc(COCCCCC)c2F)CC1. The second-order valence-corrected chi connectivity index (χ2v) is 9.55. The first-order valence-electron chi connectivity index (χ1n) is 12.9. The summed E-state index contributed by atoms with van der Waals surface area (Å²) in [6, 6.07) is 23.0. The van der Waals surface area contributed by atoms with Crippen LogP contribution < -0.4 is 0 Å². The number of rotatable bonds is 10. The van der Waals surface area contributed by atoms with Gasteiger partial charge in [-0.05, 0) is 71.8 Å². The van der Waals surface area contributed by atoms with E-state index in [4.69, 9.17) is 4.74 Å². The van der Waals surface area contributed by atoms with Crippen LogP contribution in [0.25, 0.3) is 22.3 Å². The highest BCUT2D eigenvalue weighted by Gasteiger charge is 2.27. The van der Waals surface area contributed by atoms with Crippen molar-refractivity contribution >= 4 is 0 Å². The maximum absolute atomic E-state index is 16.0. The first kappa shape index (κ1) is 24.4. The second-order valence-electron chi connectivity index (χ2n) is 9.55. The topological polar surface area (TPSA) is 9.23 Å². The van der Waals surface area contributed by atoms with E-state index in [0.717, 1.165) is 61.6 Å². The minimum Gasteiger partial charge on any atom is -0.377 e. The molecule has 178 valence electrons. The van der Waals surface area contributed by atoms with Gasteiger partial charge in [0, 0.05) is 12.2 Å². The van der Waals surface area contributed by atoms with Crippen LogP contribution in [0.2, 0.25) is 0 Å². The molecule has 0 bridgehead atoms. The molecule has 2 heteroatoms. The van der Waals surface area contributed by atoms with Crippen molar-refractivity contribution in [2.75, 3.05) is 6.61 Å². The smallest absolute Gasteiger partial charge is 0.132 e. The highest BCUT2D eigenvalue weighted by Crippen LogP contribution is 2.42. The quantitative estimate of drug-likeness (QED) is 0.218. The molecular weight excluding hydrogens is 419 g/mol. The molecule has 0 N–H and O–H groups in total. The minimum absolute atomic E-state index is 0.0674. The van der Waals surface area contributed by atoms with E-state index in [1.54, 1.807) is 0 Å². The summed E-state index contributed by atoms with van der Waals surface area (Å²) in [4.78, 5) is 0. The first-order chi connectivity index (χ1) is 16.7. The Kier molecular flexibility index (Phi) is 8.71. The Labute approximate surface area is 204 Å².